The van der Waals surface area contributed by atoms with Gasteiger partial charge in [-0.2, -0.15) is 8.78 Å². The Morgan fingerprint density at radius 3 is 2.68 bits per heavy atom. The highest BCUT2D eigenvalue weighted by Gasteiger charge is 2.20. The van der Waals surface area contributed by atoms with Crippen LogP contribution in [0.5, 0.6) is 17.2 Å². The summed E-state index contributed by atoms with van der Waals surface area (Å²) in [6, 6.07) is 2.86. The Balaban J connectivity index is 0.00000242. The quantitative estimate of drug-likeness (QED) is 0.791. The average molecular weight is 339 g/mol. The van der Waals surface area contributed by atoms with Gasteiger partial charge in [-0.15, -0.1) is 12.4 Å². The number of benzene rings is 1. The summed E-state index contributed by atoms with van der Waals surface area (Å²) in [6.07, 6.45) is 0.298. The molecule has 2 N–H and O–H groups in total. The first kappa shape index (κ1) is 18.2. The monoisotopic (exact) mass is 338 g/mol. The van der Waals surface area contributed by atoms with E-state index in [4.69, 9.17) is 9.47 Å². The second-order valence-electron chi connectivity index (χ2n) is 4.32. The lowest BCUT2D eigenvalue weighted by atomic mass is 10.1. The zero-order chi connectivity index (χ0) is 15.2. The zero-order valence-corrected chi connectivity index (χ0v) is 12.7. The van der Waals surface area contributed by atoms with Crippen molar-refractivity contribution in [1.29, 1.82) is 0 Å². The molecule has 0 aromatic heterocycles. The van der Waals surface area contributed by atoms with E-state index in [2.05, 4.69) is 15.4 Å². The number of ether oxygens (including phenoxy) is 3. The van der Waals surface area contributed by atoms with E-state index in [0.717, 1.165) is 0 Å². The molecule has 9 heteroatoms. The van der Waals surface area contributed by atoms with E-state index in [1.54, 1.807) is 7.05 Å². The maximum absolute atomic E-state index is 12.4. The SMILES string of the molecule is CNCCC(=O)NCc1cc2c(cc1OC(F)F)OCO2.Cl. The van der Waals surface area contributed by atoms with E-state index in [1.807, 2.05) is 0 Å². The van der Waals surface area contributed by atoms with Crippen LogP contribution in [0.15, 0.2) is 12.1 Å². The van der Waals surface area contributed by atoms with Gasteiger partial charge in [0.05, 0.1) is 0 Å². The molecule has 0 spiro atoms. The van der Waals surface area contributed by atoms with Crippen LogP contribution < -0.4 is 24.8 Å². The van der Waals surface area contributed by atoms with Gasteiger partial charge in [0.25, 0.3) is 0 Å². The summed E-state index contributed by atoms with van der Waals surface area (Å²) in [6.45, 7) is -2.32. The van der Waals surface area contributed by atoms with Crippen molar-refractivity contribution in [3.63, 3.8) is 0 Å². The molecule has 2 rings (SSSR count). The van der Waals surface area contributed by atoms with E-state index >= 15 is 0 Å². The molecule has 1 aromatic rings. The fourth-order valence-electron chi connectivity index (χ4n) is 1.83. The van der Waals surface area contributed by atoms with Crippen molar-refractivity contribution < 1.29 is 27.8 Å². The van der Waals surface area contributed by atoms with Crippen LogP contribution in [0.25, 0.3) is 0 Å². The number of fused-ring (bicyclic) bond motifs is 1. The number of hydrogen-bond acceptors (Lipinski definition) is 5. The maximum Gasteiger partial charge on any atom is 0.387 e. The van der Waals surface area contributed by atoms with Crippen LogP contribution in [-0.2, 0) is 11.3 Å². The Kier molecular flexibility index (Phi) is 7.13. The van der Waals surface area contributed by atoms with E-state index in [1.165, 1.54) is 12.1 Å². The third-order valence-electron chi connectivity index (χ3n) is 2.85. The average Bonchev–Trinajstić information content (AvgIpc) is 2.89. The van der Waals surface area contributed by atoms with Crippen molar-refractivity contribution in [2.75, 3.05) is 20.4 Å². The van der Waals surface area contributed by atoms with Crippen LogP contribution in [-0.4, -0.2) is 32.9 Å². The predicted octanol–water partition coefficient (Wildman–Crippen LogP) is 1.66. The van der Waals surface area contributed by atoms with Gasteiger partial charge in [-0.3, -0.25) is 4.79 Å². The number of carbonyl (C=O) groups is 1. The van der Waals surface area contributed by atoms with E-state index in [0.29, 0.717) is 30.0 Å². The van der Waals surface area contributed by atoms with Gasteiger partial charge in [0.2, 0.25) is 12.7 Å². The highest BCUT2D eigenvalue weighted by atomic mass is 35.5. The first-order chi connectivity index (χ1) is 10.1. The van der Waals surface area contributed by atoms with Gasteiger partial charge in [-0.05, 0) is 13.1 Å². The number of nitrogens with one attached hydrogen (secondary N) is 2. The largest absolute Gasteiger partial charge is 0.454 e. The molecule has 1 amide bonds. The van der Waals surface area contributed by atoms with Crippen molar-refractivity contribution in [2.24, 2.45) is 0 Å². The molecule has 1 aliphatic heterocycles. The minimum Gasteiger partial charge on any atom is -0.454 e. The summed E-state index contributed by atoms with van der Waals surface area (Å²) in [5.74, 6) is 0.556. The fraction of sp³-hybridized carbons (Fsp3) is 0.462. The van der Waals surface area contributed by atoms with Gasteiger partial charge < -0.3 is 24.8 Å². The van der Waals surface area contributed by atoms with Crippen LogP contribution in [0.4, 0.5) is 8.78 Å². The normalized spacial score (nSPS) is 12.0. The molecular formula is C13H17ClF2N2O4. The van der Waals surface area contributed by atoms with E-state index < -0.39 is 6.61 Å². The lowest BCUT2D eigenvalue weighted by Gasteiger charge is -2.12. The summed E-state index contributed by atoms with van der Waals surface area (Å²) in [7, 11) is 1.74. The van der Waals surface area contributed by atoms with Crippen LogP contribution in [0.2, 0.25) is 0 Å². The number of amides is 1. The highest BCUT2D eigenvalue weighted by molar-refractivity contribution is 5.85. The molecule has 1 aliphatic rings. The Morgan fingerprint density at radius 1 is 1.36 bits per heavy atom. The lowest BCUT2D eigenvalue weighted by Crippen LogP contribution is -2.26. The molecule has 1 aromatic carbocycles. The van der Waals surface area contributed by atoms with Gasteiger partial charge in [-0.25, -0.2) is 0 Å². The summed E-state index contributed by atoms with van der Waals surface area (Å²) < 4.78 is 39.6. The van der Waals surface area contributed by atoms with Crippen molar-refractivity contribution >= 4 is 18.3 Å². The summed E-state index contributed by atoms with van der Waals surface area (Å²) in [5, 5.41) is 5.49. The lowest BCUT2D eigenvalue weighted by molar-refractivity contribution is -0.121. The molecular weight excluding hydrogens is 322 g/mol. The summed E-state index contributed by atoms with van der Waals surface area (Å²) in [4.78, 5) is 11.5. The van der Waals surface area contributed by atoms with Crippen LogP contribution >= 0.6 is 12.4 Å². The summed E-state index contributed by atoms with van der Waals surface area (Å²) in [5.41, 5.74) is 0.400. The van der Waals surface area contributed by atoms with Gasteiger partial charge >= 0.3 is 6.61 Å². The first-order valence-electron chi connectivity index (χ1n) is 6.38. The second kappa shape index (κ2) is 8.60. The second-order valence-corrected chi connectivity index (χ2v) is 4.32. The number of hydrogen-bond donors (Lipinski definition) is 2. The van der Waals surface area contributed by atoms with Gasteiger partial charge in [0.15, 0.2) is 11.5 Å². The topological polar surface area (TPSA) is 68.8 Å². The minimum absolute atomic E-state index is 0. The molecule has 0 atom stereocenters. The Labute approximate surface area is 132 Å². The minimum atomic E-state index is -2.95. The van der Waals surface area contributed by atoms with Crippen LogP contribution in [0.3, 0.4) is 0 Å². The van der Waals surface area contributed by atoms with Crippen LogP contribution in [0, 0.1) is 0 Å². The van der Waals surface area contributed by atoms with Gasteiger partial charge in [-0.1, -0.05) is 0 Å². The van der Waals surface area contributed by atoms with Crippen molar-refractivity contribution in [3.05, 3.63) is 17.7 Å². The Bertz CT molecular complexity index is 517. The number of rotatable bonds is 7. The number of carbonyl (C=O) groups excluding carboxylic acids is 1. The maximum atomic E-state index is 12.4. The number of alkyl halides is 2. The molecule has 0 unspecified atom stereocenters. The van der Waals surface area contributed by atoms with Crippen molar-refractivity contribution in [3.8, 4) is 17.2 Å². The number of halogens is 3. The molecule has 0 saturated carbocycles. The van der Waals surface area contributed by atoms with Crippen molar-refractivity contribution in [2.45, 2.75) is 19.6 Å². The van der Waals surface area contributed by atoms with Gasteiger partial charge in [0.1, 0.15) is 5.75 Å². The standard InChI is InChI=1S/C13H16F2N2O4.ClH/c1-16-3-2-12(18)17-6-8-4-10-11(20-7-19-10)5-9(8)21-13(14)15;/h4-5,13,16H,2-3,6-7H2,1H3,(H,17,18);1H. The molecule has 1 heterocycles. The highest BCUT2D eigenvalue weighted by Crippen LogP contribution is 2.38. The smallest absolute Gasteiger partial charge is 0.387 e. The summed E-state index contributed by atoms with van der Waals surface area (Å²) >= 11 is 0. The molecule has 124 valence electrons. The van der Waals surface area contributed by atoms with E-state index in [-0.39, 0.29) is 37.4 Å². The Hall–Kier alpha value is -1.80. The van der Waals surface area contributed by atoms with E-state index in [9.17, 15) is 13.6 Å². The molecule has 6 nitrogen and oxygen atoms in total. The fourth-order valence-corrected chi connectivity index (χ4v) is 1.83. The molecule has 0 saturated heterocycles. The molecule has 22 heavy (non-hydrogen) atoms. The predicted molar refractivity (Wildman–Crippen MR) is 76.8 cm³/mol. The van der Waals surface area contributed by atoms with Crippen molar-refractivity contribution in [1.82, 2.24) is 10.6 Å². The third kappa shape index (κ3) is 4.88. The molecule has 0 aliphatic carbocycles. The third-order valence-corrected chi connectivity index (χ3v) is 2.85. The van der Waals surface area contributed by atoms with Gasteiger partial charge in [0, 0.05) is 31.1 Å². The molecule has 0 bridgehead atoms. The van der Waals surface area contributed by atoms with Crippen LogP contribution in [0.1, 0.15) is 12.0 Å². The Morgan fingerprint density at radius 2 is 2.05 bits per heavy atom. The molecule has 0 radical (unpaired) electrons. The zero-order valence-electron chi connectivity index (χ0n) is 11.9. The molecule has 0 fully saturated rings. The first-order valence-corrected chi connectivity index (χ1v) is 6.38.